The second-order valence-electron chi connectivity index (χ2n) is 4.05. The number of hydrogen-bond acceptors (Lipinski definition) is 3. The molecular formula is C11H23NO3. The van der Waals surface area contributed by atoms with Crippen molar-refractivity contribution in [2.24, 2.45) is 5.92 Å². The number of unbranched alkanes of at least 4 members (excludes halogenated alkanes) is 1. The summed E-state index contributed by atoms with van der Waals surface area (Å²) < 4.78 is 5.04. The summed E-state index contributed by atoms with van der Waals surface area (Å²) in [6.45, 7) is 4.80. The Kier molecular flexibility index (Phi) is 8.33. The molecule has 2 N–H and O–H groups in total. The molecular weight excluding hydrogens is 194 g/mol. The van der Waals surface area contributed by atoms with Gasteiger partial charge in [0.05, 0.1) is 12.6 Å². The Morgan fingerprint density at radius 3 is 2.53 bits per heavy atom. The number of hydrogen-bond donors (Lipinski definition) is 2. The lowest BCUT2D eigenvalue weighted by atomic mass is 10.1. The van der Waals surface area contributed by atoms with Gasteiger partial charge in [-0.2, -0.15) is 0 Å². The van der Waals surface area contributed by atoms with Crippen LogP contribution in [0, 0.1) is 5.92 Å². The smallest absolute Gasteiger partial charge is 0.220 e. The van der Waals surface area contributed by atoms with E-state index in [0.29, 0.717) is 25.4 Å². The van der Waals surface area contributed by atoms with Gasteiger partial charge in [-0.3, -0.25) is 4.79 Å². The molecule has 0 saturated carbocycles. The van der Waals surface area contributed by atoms with Crippen LogP contribution in [0.15, 0.2) is 0 Å². The van der Waals surface area contributed by atoms with Crippen molar-refractivity contribution in [3.05, 3.63) is 0 Å². The minimum Gasteiger partial charge on any atom is -0.396 e. The summed E-state index contributed by atoms with van der Waals surface area (Å²) in [4.78, 5) is 11.5. The van der Waals surface area contributed by atoms with Crippen LogP contribution in [0.25, 0.3) is 0 Å². The van der Waals surface area contributed by atoms with Crippen molar-refractivity contribution in [3.8, 4) is 0 Å². The van der Waals surface area contributed by atoms with E-state index in [9.17, 15) is 4.79 Å². The predicted octanol–water partition coefficient (Wildman–Crippen LogP) is 0.936. The van der Waals surface area contributed by atoms with E-state index in [1.165, 1.54) is 0 Å². The molecule has 0 aromatic heterocycles. The van der Waals surface area contributed by atoms with Crippen LogP contribution in [0.4, 0.5) is 0 Å². The van der Waals surface area contributed by atoms with E-state index in [1.807, 2.05) is 0 Å². The first-order valence-electron chi connectivity index (χ1n) is 5.51. The number of amides is 1. The summed E-state index contributed by atoms with van der Waals surface area (Å²) in [7, 11) is 1.63. The minimum atomic E-state index is 0.0409. The molecule has 0 spiro atoms. The van der Waals surface area contributed by atoms with Crippen LogP contribution in [-0.4, -0.2) is 37.4 Å². The maximum absolute atomic E-state index is 11.5. The van der Waals surface area contributed by atoms with Gasteiger partial charge in [-0.25, -0.2) is 0 Å². The Balaban J connectivity index is 3.78. The molecule has 0 heterocycles. The van der Waals surface area contributed by atoms with E-state index in [1.54, 1.807) is 7.11 Å². The Bertz CT molecular complexity index is 171. The zero-order chi connectivity index (χ0) is 11.7. The zero-order valence-electron chi connectivity index (χ0n) is 9.95. The molecule has 1 unspecified atom stereocenters. The minimum absolute atomic E-state index is 0.0409. The van der Waals surface area contributed by atoms with Gasteiger partial charge in [0, 0.05) is 20.1 Å². The van der Waals surface area contributed by atoms with Gasteiger partial charge in [-0.05, 0) is 18.8 Å². The standard InChI is InChI=1S/C11H23NO3/c1-9(2)10(8-15-3)12-11(14)6-4-5-7-13/h9-10,13H,4-8H2,1-3H3,(H,12,14). The highest BCUT2D eigenvalue weighted by Gasteiger charge is 2.15. The lowest BCUT2D eigenvalue weighted by molar-refractivity contribution is -0.122. The number of carbonyl (C=O) groups is 1. The average Bonchev–Trinajstić information content (AvgIpc) is 2.17. The molecule has 4 nitrogen and oxygen atoms in total. The van der Waals surface area contributed by atoms with E-state index in [-0.39, 0.29) is 18.6 Å². The summed E-state index contributed by atoms with van der Waals surface area (Å²) in [5, 5.41) is 11.5. The third kappa shape index (κ3) is 7.33. The van der Waals surface area contributed by atoms with Crippen molar-refractivity contribution < 1.29 is 14.6 Å². The summed E-state index contributed by atoms with van der Waals surface area (Å²) in [6.07, 6.45) is 1.90. The van der Waals surface area contributed by atoms with Crippen LogP contribution in [0.1, 0.15) is 33.1 Å². The number of nitrogens with one attached hydrogen (secondary N) is 1. The van der Waals surface area contributed by atoms with Crippen molar-refractivity contribution in [1.29, 1.82) is 0 Å². The number of aliphatic hydroxyl groups excluding tert-OH is 1. The highest BCUT2D eigenvalue weighted by atomic mass is 16.5. The van der Waals surface area contributed by atoms with Gasteiger partial charge < -0.3 is 15.2 Å². The van der Waals surface area contributed by atoms with Crippen molar-refractivity contribution in [1.82, 2.24) is 5.32 Å². The van der Waals surface area contributed by atoms with E-state index < -0.39 is 0 Å². The molecule has 0 aromatic rings. The van der Waals surface area contributed by atoms with Crippen molar-refractivity contribution in [3.63, 3.8) is 0 Å². The predicted molar refractivity (Wildman–Crippen MR) is 59.6 cm³/mol. The van der Waals surface area contributed by atoms with Crippen LogP contribution in [0.3, 0.4) is 0 Å². The van der Waals surface area contributed by atoms with Gasteiger partial charge in [-0.15, -0.1) is 0 Å². The monoisotopic (exact) mass is 217 g/mol. The summed E-state index contributed by atoms with van der Waals surface area (Å²) in [5.41, 5.74) is 0. The molecule has 0 radical (unpaired) electrons. The molecule has 90 valence electrons. The van der Waals surface area contributed by atoms with Crippen molar-refractivity contribution in [2.75, 3.05) is 20.3 Å². The van der Waals surface area contributed by atoms with Gasteiger partial charge >= 0.3 is 0 Å². The zero-order valence-corrected chi connectivity index (χ0v) is 9.95. The molecule has 0 bridgehead atoms. The Labute approximate surface area is 92.0 Å². The first-order chi connectivity index (χ1) is 7.11. The number of aliphatic hydroxyl groups is 1. The highest BCUT2D eigenvalue weighted by molar-refractivity contribution is 5.76. The Morgan fingerprint density at radius 2 is 2.07 bits per heavy atom. The molecule has 0 aromatic carbocycles. The second kappa shape index (κ2) is 8.68. The second-order valence-corrected chi connectivity index (χ2v) is 4.05. The fraction of sp³-hybridized carbons (Fsp3) is 0.909. The average molecular weight is 217 g/mol. The van der Waals surface area contributed by atoms with Crippen LogP contribution in [0.5, 0.6) is 0 Å². The summed E-state index contributed by atoms with van der Waals surface area (Å²) in [6, 6.07) is 0.0802. The number of ether oxygens (including phenoxy) is 1. The molecule has 1 atom stereocenters. The maximum atomic E-state index is 11.5. The molecule has 4 heteroatoms. The first kappa shape index (κ1) is 14.4. The van der Waals surface area contributed by atoms with Gasteiger partial charge in [0.25, 0.3) is 0 Å². The molecule has 0 rings (SSSR count). The summed E-state index contributed by atoms with van der Waals surface area (Å²) in [5.74, 6) is 0.408. The van der Waals surface area contributed by atoms with Gasteiger partial charge in [0.15, 0.2) is 0 Å². The van der Waals surface area contributed by atoms with E-state index in [0.717, 1.165) is 6.42 Å². The fourth-order valence-electron chi connectivity index (χ4n) is 1.26. The lowest BCUT2D eigenvalue weighted by Gasteiger charge is -2.21. The van der Waals surface area contributed by atoms with E-state index in [2.05, 4.69) is 19.2 Å². The topological polar surface area (TPSA) is 58.6 Å². The Morgan fingerprint density at radius 1 is 1.40 bits per heavy atom. The van der Waals surface area contributed by atoms with E-state index in [4.69, 9.17) is 9.84 Å². The van der Waals surface area contributed by atoms with E-state index >= 15 is 0 Å². The van der Waals surface area contributed by atoms with Crippen molar-refractivity contribution >= 4 is 5.91 Å². The van der Waals surface area contributed by atoms with Crippen LogP contribution in [0.2, 0.25) is 0 Å². The molecule has 0 aliphatic rings. The first-order valence-corrected chi connectivity index (χ1v) is 5.51. The molecule has 0 saturated heterocycles. The fourth-order valence-corrected chi connectivity index (χ4v) is 1.26. The van der Waals surface area contributed by atoms with Crippen LogP contribution >= 0.6 is 0 Å². The van der Waals surface area contributed by atoms with Crippen LogP contribution in [-0.2, 0) is 9.53 Å². The molecule has 1 amide bonds. The van der Waals surface area contributed by atoms with Gasteiger partial charge in [0.1, 0.15) is 0 Å². The SMILES string of the molecule is COCC(NC(=O)CCCCO)C(C)C. The molecule has 0 aliphatic carbocycles. The van der Waals surface area contributed by atoms with Crippen LogP contribution < -0.4 is 5.32 Å². The third-order valence-electron chi connectivity index (χ3n) is 2.31. The number of methoxy groups -OCH3 is 1. The lowest BCUT2D eigenvalue weighted by Crippen LogP contribution is -2.41. The third-order valence-corrected chi connectivity index (χ3v) is 2.31. The molecule has 15 heavy (non-hydrogen) atoms. The highest BCUT2D eigenvalue weighted by Crippen LogP contribution is 2.03. The molecule has 0 aliphatic heterocycles. The van der Waals surface area contributed by atoms with Gasteiger partial charge in [0.2, 0.25) is 5.91 Å². The normalized spacial score (nSPS) is 12.9. The summed E-state index contributed by atoms with van der Waals surface area (Å²) >= 11 is 0. The quantitative estimate of drug-likeness (QED) is 0.595. The Hall–Kier alpha value is -0.610. The van der Waals surface area contributed by atoms with Gasteiger partial charge in [-0.1, -0.05) is 13.8 Å². The molecule has 0 fully saturated rings. The number of rotatable bonds is 8. The number of carbonyl (C=O) groups excluding carboxylic acids is 1. The maximum Gasteiger partial charge on any atom is 0.220 e. The van der Waals surface area contributed by atoms with Crippen molar-refractivity contribution in [2.45, 2.75) is 39.2 Å². The largest absolute Gasteiger partial charge is 0.396 e.